The molecule has 0 saturated carbocycles. The summed E-state index contributed by atoms with van der Waals surface area (Å²) in [6.07, 6.45) is 4.91. The number of aromatic nitrogens is 2. The van der Waals surface area contributed by atoms with Gasteiger partial charge in [0, 0.05) is 23.3 Å². The summed E-state index contributed by atoms with van der Waals surface area (Å²) in [5.41, 5.74) is 2.08. The minimum atomic E-state index is -0.551. The van der Waals surface area contributed by atoms with Gasteiger partial charge in [0.1, 0.15) is 11.4 Å². The molecule has 2 amide bonds. The molecule has 4 rings (SSSR count). The number of hydrogen-bond donors (Lipinski definition) is 1. The van der Waals surface area contributed by atoms with Gasteiger partial charge >= 0.3 is 0 Å². The molecule has 8 heteroatoms. The number of benzene rings is 1. The number of fused-ring (bicyclic) bond motifs is 1. The van der Waals surface area contributed by atoms with Crippen molar-refractivity contribution in [1.29, 1.82) is 0 Å². The fourth-order valence-corrected chi connectivity index (χ4v) is 3.47. The third-order valence-corrected chi connectivity index (χ3v) is 5.03. The highest BCUT2D eigenvalue weighted by Crippen LogP contribution is 2.26. The largest absolute Gasteiger partial charge is 0.299 e. The van der Waals surface area contributed by atoms with Gasteiger partial charge in [-0.25, -0.2) is 4.98 Å². The molecule has 0 bridgehead atoms. The van der Waals surface area contributed by atoms with Crippen LogP contribution >= 0.6 is 23.8 Å². The fourth-order valence-electron chi connectivity index (χ4n) is 3.10. The van der Waals surface area contributed by atoms with Crippen molar-refractivity contribution in [3.63, 3.8) is 0 Å². The normalized spacial score (nSPS) is 15.8. The van der Waals surface area contributed by atoms with E-state index < -0.39 is 11.8 Å². The highest BCUT2D eigenvalue weighted by Gasteiger charge is 2.33. The summed E-state index contributed by atoms with van der Waals surface area (Å²) in [5.74, 6) is -0.361. The van der Waals surface area contributed by atoms with Gasteiger partial charge in [-0.3, -0.25) is 24.2 Å². The number of nitrogens with zero attached hydrogens (tertiary/aromatic N) is 3. The minimum absolute atomic E-state index is 0.0352. The lowest BCUT2D eigenvalue weighted by molar-refractivity contribution is -0.128. The van der Waals surface area contributed by atoms with E-state index in [1.165, 1.54) is 11.0 Å². The number of nitrogens with one attached hydrogen (secondary N) is 1. The van der Waals surface area contributed by atoms with Crippen molar-refractivity contribution in [2.75, 3.05) is 6.54 Å². The van der Waals surface area contributed by atoms with E-state index in [9.17, 15) is 9.59 Å². The molecule has 1 aliphatic heterocycles. The second kappa shape index (κ2) is 7.62. The Hall–Kier alpha value is -3.29. The quantitative estimate of drug-likeness (QED) is 0.302. The van der Waals surface area contributed by atoms with Gasteiger partial charge < -0.3 is 0 Å². The van der Waals surface area contributed by atoms with Crippen LogP contribution in [0.25, 0.3) is 23.0 Å². The Morgan fingerprint density at radius 1 is 1.17 bits per heavy atom. The molecule has 144 valence electrons. The number of carbonyl (C=O) groups is 2. The van der Waals surface area contributed by atoms with Crippen LogP contribution in [0.2, 0.25) is 5.02 Å². The number of rotatable bonds is 4. The molecule has 1 aromatic carbocycles. The van der Waals surface area contributed by atoms with Gasteiger partial charge in [-0.15, -0.1) is 6.58 Å². The highest BCUT2D eigenvalue weighted by molar-refractivity contribution is 7.80. The van der Waals surface area contributed by atoms with Crippen LogP contribution in [0, 0.1) is 0 Å². The molecule has 0 atom stereocenters. The van der Waals surface area contributed by atoms with Crippen molar-refractivity contribution >= 4 is 52.3 Å². The average Bonchev–Trinajstić information content (AvgIpc) is 3.08. The number of thiocarbonyl (C=S) groups is 1. The van der Waals surface area contributed by atoms with Crippen molar-refractivity contribution < 1.29 is 9.59 Å². The number of pyridine rings is 1. The van der Waals surface area contributed by atoms with Gasteiger partial charge in [0.2, 0.25) is 0 Å². The van der Waals surface area contributed by atoms with Crippen LogP contribution in [0.1, 0.15) is 5.69 Å². The number of carbonyl (C=O) groups excluding carboxylic acids is 2. The molecule has 1 N–H and O–H groups in total. The Labute approximate surface area is 177 Å². The van der Waals surface area contributed by atoms with Crippen molar-refractivity contribution in [3.05, 3.63) is 77.6 Å². The van der Waals surface area contributed by atoms with Crippen LogP contribution in [-0.2, 0) is 9.59 Å². The van der Waals surface area contributed by atoms with Crippen molar-refractivity contribution in [2.45, 2.75) is 0 Å². The maximum Gasteiger partial charge on any atom is 0.266 e. The fraction of sp³-hybridized carbons (Fsp3) is 0.0476. The van der Waals surface area contributed by atoms with Crippen LogP contribution < -0.4 is 5.32 Å². The van der Waals surface area contributed by atoms with E-state index in [2.05, 4.69) is 16.9 Å². The van der Waals surface area contributed by atoms with Crippen molar-refractivity contribution in [1.82, 2.24) is 19.6 Å². The summed E-state index contributed by atoms with van der Waals surface area (Å²) in [7, 11) is 0. The van der Waals surface area contributed by atoms with Gasteiger partial charge in [0.15, 0.2) is 5.11 Å². The van der Waals surface area contributed by atoms with E-state index in [0.717, 1.165) is 11.1 Å². The predicted molar refractivity (Wildman–Crippen MR) is 116 cm³/mol. The molecule has 0 aliphatic carbocycles. The summed E-state index contributed by atoms with van der Waals surface area (Å²) in [4.78, 5) is 31.2. The predicted octanol–water partition coefficient (Wildman–Crippen LogP) is 3.47. The summed E-state index contributed by atoms with van der Waals surface area (Å²) in [5, 5.41) is 3.23. The van der Waals surface area contributed by atoms with E-state index in [1.807, 2.05) is 40.9 Å². The second-order valence-corrected chi connectivity index (χ2v) is 7.13. The SMILES string of the molecule is C=CCN1C(=O)/C(=C/c2nc(-c3ccc(Cl)cc3)n3ccccc23)C(=O)NC1=S. The maximum atomic E-state index is 12.8. The Kier molecular flexibility index (Phi) is 5.00. The Morgan fingerprint density at radius 2 is 1.93 bits per heavy atom. The number of imidazole rings is 1. The van der Waals surface area contributed by atoms with Crippen molar-refractivity contribution in [2.24, 2.45) is 0 Å². The molecule has 0 unspecified atom stereocenters. The van der Waals surface area contributed by atoms with E-state index >= 15 is 0 Å². The van der Waals surface area contributed by atoms with Crippen LogP contribution in [0.4, 0.5) is 0 Å². The number of hydrogen-bond acceptors (Lipinski definition) is 4. The van der Waals surface area contributed by atoms with Crippen LogP contribution in [0.5, 0.6) is 0 Å². The maximum absolute atomic E-state index is 12.8. The van der Waals surface area contributed by atoms with Gasteiger partial charge in [0.05, 0.1) is 11.2 Å². The van der Waals surface area contributed by atoms with E-state index in [0.29, 0.717) is 16.5 Å². The summed E-state index contributed by atoms with van der Waals surface area (Å²) in [6, 6.07) is 12.9. The molecule has 1 fully saturated rings. The van der Waals surface area contributed by atoms with Gasteiger partial charge in [-0.2, -0.15) is 0 Å². The lowest BCUT2D eigenvalue weighted by Gasteiger charge is -2.27. The first-order valence-electron chi connectivity index (χ1n) is 8.72. The summed E-state index contributed by atoms with van der Waals surface area (Å²) >= 11 is 11.1. The first kappa shape index (κ1) is 19.0. The minimum Gasteiger partial charge on any atom is -0.299 e. The molecule has 1 aliphatic rings. The smallest absolute Gasteiger partial charge is 0.266 e. The van der Waals surface area contributed by atoms with E-state index in [4.69, 9.17) is 23.8 Å². The third kappa shape index (κ3) is 3.46. The van der Waals surface area contributed by atoms with Gasteiger partial charge in [-0.1, -0.05) is 23.7 Å². The van der Waals surface area contributed by atoms with Crippen molar-refractivity contribution in [3.8, 4) is 11.4 Å². The van der Waals surface area contributed by atoms with E-state index in [1.54, 1.807) is 18.2 Å². The van der Waals surface area contributed by atoms with E-state index in [-0.39, 0.29) is 17.2 Å². The number of halogens is 1. The van der Waals surface area contributed by atoms with Crippen LogP contribution in [-0.4, -0.2) is 37.8 Å². The average molecular weight is 423 g/mol. The van der Waals surface area contributed by atoms with Gasteiger partial charge in [0.25, 0.3) is 11.8 Å². The zero-order valence-corrected chi connectivity index (χ0v) is 16.7. The van der Waals surface area contributed by atoms with Crippen LogP contribution in [0.15, 0.2) is 66.9 Å². The topological polar surface area (TPSA) is 66.7 Å². The zero-order chi connectivity index (χ0) is 20.5. The monoisotopic (exact) mass is 422 g/mol. The lowest BCUT2D eigenvalue weighted by Crippen LogP contribution is -2.53. The Balaban J connectivity index is 1.85. The molecule has 2 aromatic heterocycles. The molecular weight excluding hydrogens is 408 g/mol. The summed E-state index contributed by atoms with van der Waals surface area (Å²) < 4.78 is 1.90. The second-order valence-electron chi connectivity index (χ2n) is 6.31. The van der Waals surface area contributed by atoms with Gasteiger partial charge in [-0.05, 0) is 54.7 Å². The molecule has 0 radical (unpaired) electrons. The molecule has 3 aromatic rings. The molecule has 0 spiro atoms. The molecule has 1 saturated heterocycles. The zero-order valence-electron chi connectivity index (χ0n) is 15.1. The first-order chi connectivity index (χ1) is 14.0. The standard InChI is InChI=1S/C21H15ClN4O2S/c1-2-10-26-20(28)15(19(27)24-21(26)29)12-16-17-5-3-4-11-25(17)18(23-16)13-6-8-14(22)9-7-13/h2-9,11-12H,1,10H2,(H,24,27,29)/b15-12+. The lowest BCUT2D eigenvalue weighted by atomic mass is 10.1. The summed E-state index contributed by atoms with van der Waals surface area (Å²) in [6.45, 7) is 3.83. The Bertz CT molecular complexity index is 1200. The molecular formula is C21H15ClN4O2S. The first-order valence-corrected chi connectivity index (χ1v) is 9.51. The number of amides is 2. The molecule has 6 nitrogen and oxygen atoms in total. The van der Waals surface area contributed by atoms with Crippen LogP contribution in [0.3, 0.4) is 0 Å². The third-order valence-electron chi connectivity index (χ3n) is 4.46. The highest BCUT2D eigenvalue weighted by atomic mass is 35.5. The Morgan fingerprint density at radius 3 is 2.66 bits per heavy atom. The molecule has 29 heavy (non-hydrogen) atoms. The molecule has 3 heterocycles.